The first-order valence-corrected chi connectivity index (χ1v) is 7.17. The van der Waals surface area contributed by atoms with Crippen LogP contribution in [0.1, 0.15) is 29.1 Å². The zero-order valence-electron chi connectivity index (χ0n) is 10.1. The van der Waals surface area contributed by atoms with Crippen molar-refractivity contribution in [2.75, 3.05) is 5.32 Å². The minimum Gasteiger partial charge on any atom is -0.378 e. The lowest BCUT2D eigenvalue weighted by molar-refractivity contribution is 0.890. The maximum atomic E-state index is 4.28. The number of hydrogen-bond acceptors (Lipinski definition) is 3. The second-order valence-electron chi connectivity index (χ2n) is 4.19. The number of aryl methyl sites for hydroxylation is 2. The van der Waals surface area contributed by atoms with Crippen molar-refractivity contribution in [3.05, 3.63) is 44.3 Å². The summed E-state index contributed by atoms with van der Waals surface area (Å²) >= 11 is 5.22. The number of thiazole rings is 1. The van der Waals surface area contributed by atoms with Crippen molar-refractivity contribution in [2.24, 2.45) is 0 Å². The normalized spacial score (nSPS) is 12.5. The van der Waals surface area contributed by atoms with Crippen LogP contribution >= 0.6 is 27.3 Å². The van der Waals surface area contributed by atoms with E-state index < -0.39 is 0 Å². The summed E-state index contributed by atoms with van der Waals surface area (Å²) in [7, 11) is 0. The molecule has 0 radical (unpaired) electrons. The molecule has 0 spiro atoms. The summed E-state index contributed by atoms with van der Waals surface area (Å²) in [4.78, 5) is 5.58. The molecule has 4 heteroatoms. The van der Waals surface area contributed by atoms with Crippen LogP contribution in [-0.4, -0.2) is 4.98 Å². The van der Waals surface area contributed by atoms with E-state index >= 15 is 0 Å². The van der Waals surface area contributed by atoms with Gasteiger partial charge in [-0.25, -0.2) is 4.98 Å². The van der Waals surface area contributed by atoms with Gasteiger partial charge in [-0.3, -0.25) is 0 Å². The Morgan fingerprint density at radius 2 is 2.06 bits per heavy atom. The van der Waals surface area contributed by atoms with Gasteiger partial charge in [-0.1, -0.05) is 15.9 Å². The highest BCUT2D eigenvalue weighted by atomic mass is 79.9. The summed E-state index contributed by atoms with van der Waals surface area (Å²) in [6.07, 6.45) is 0. The Morgan fingerprint density at radius 3 is 2.65 bits per heavy atom. The zero-order valence-corrected chi connectivity index (χ0v) is 12.5. The first-order chi connectivity index (χ1) is 8.06. The van der Waals surface area contributed by atoms with Gasteiger partial charge in [0.1, 0.15) is 0 Å². The van der Waals surface area contributed by atoms with E-state index in [4.69, 9.17) is 0 Å². The van der Waals surface area contributed by atoms with E-state index in [9.17, 15) is 0 Å². The van der Waals surface area contributed by atoms with Gasteiger partial charge in [-0.15, -0.1) is 11.3 Å². The molecule has 2 aromatic rings. The molecule has 1 atom stereocenters. The first kappa shape index (κ1) is 12.6. The number of nitrogens with zero attached hydrogens (tertiary/aromatic N) is 1. The van der Waals surface area contributed by atoms with E-state index in [1.165, 1.54) is 10.4 Å². The summed E-state index contributed by atoms with van der Waals surface area (Å²) < 4.78 is 1.10. The number of benzene rings is 1. The Morgan fingerprint density at radius 1 is 1.29 bits per heavy atom. The largest absolute Gasteiger partial charge is 0.378 e. The van der Waals surface area contributed by atoms with Gasteiger partial charge in [0, 0.05) is 15.0 Å². The molecular weight excluding hydrogens is 296 g/mol. The third-order valence-corrected chi connectivity index (χ3v) is 4.17. The monoisotopic (exact) mass is 310 g/mol. The molecule has 1 aromatic heterocycles. The first-order valence-electron chi connectivity index (χ1n) is 5.50. The van der Waals surface area contributed by atoms with E-state index in [1.54, 1.807) is 11.3 Å². The van der Waals surface area contributed by atoms with Crippen LogP contribution in [0.3, 0.4) is 0 Å². The number of aromatic nitrogens is 1. The quantitative estimate of drug-likeness (QED) is 0.889. The molecule has 90 valence electrons. The number of rotatable bonds is 3. The lowest BCUT2D eigenvalue weighted by atomic mass is 10.2. The summed E-state index contributed by atoms with van der Waals surface area (Å²) in [6, 6.07) is 6.64. The number of nitrogens with one attached hydrogen (secondary N) is 1. The molecule has 0 saturated carbocycles. The lowest BCUT2D eigenvalue weighted by Crippen LogP contribution is -2.06. The van der Waals surface area contributed by atoms with Crippen molar-refractivity contribution in [3.8, 4) is 0 Å². The van der Waals surface area contributed by atoms with Crippen molar-refractivity contribution in [3.63, 3.8) is 0 Å². The molecule has 1 unspecified atom stereocenters. The molecule has 0 bridgehead atoms. The van der Waals surface area contributed by atoms with Crippen LogP contribution < -0.4 is 5.32 Å². The summed E-state index contributed by atoms with van der Waals surface area (Å²) in [5, 5.41) is 3.51. The highest BCUT2D eigenvalue weighted by Gasteiger charge is 2.10. The molecule has 2 nitrogen and oxygen atoms in total. The maximum Gasteiger partial charge on any atom is 0.0798 e. The third kappa shape index (κ3) is 3.07. The summed E-state index contributed by atoms with van der Waals surface area (Å²) in [6.45, 7) is 6.31. The van der Waals surface area contributed by atoms with Crippen LogP contribution in [0.2, 0.25) is 0 Å². The van der Waals surface area contributed by atoms with Crippen LogP contribution in [0, 0.1) is 13.8 Å². The smallest absolute Gasteiger partial charge is 0.0798 e. The van der Waals surface area contributed by atoms with Crippen LogP contribution in [-0.2, 0) is 0 Å². The Labute approximate surface area is 114 Å². The van der Waals surface area contributed by atoms with Crippen molar-refractivity contribution >= 4 is 33.0 Å². The minimum absolute atomic E-state index is 0.288. The molecule has 0 aliphatic rings. The molecule has 1 aromatic carbocycles. The van der Waals surface area contributed by atoms with Crippen molar-refractivity contribution in [1.82, 2.24) is 4.98 Å². The maximum absolute atomic E-state index is 4.28. The highest BCUT2D eigenvalue weighted by Crippen LogP contribution is 2.27. The van der Waals surface area contributed by atoms with Crippen LogP contribution in [0.25, 0.3) is 0 Å². The van der Waals surface area contributed by atoms with E-state index in [0.717, 1.165) is 15.9 Å². The predicted molar refractivity (Wildman–Crippen MR) is 77.8 cm³/mol. The molecular formula is C13H15BrN2S. The average Bonchev–Trinajstić information content (AvgIpc) is 2.62. The summed E-state index contributed by atoms with van der Waals surface area (Å²) in [5.74, 6) is 0. The minimum atomic E-state index is 0.288. The fourth-order valence-electron chi connectivity index (χ4n) is 1.86. The topological polar surface area (TPSA) is 24.9 Å². The number of anilines is 1. The number of halogens is 1. The van der Waals surface area contributed by atoms with Crippen molar-refractivity contribution < 1.29 is 0 Å². The van der Waals surface area contributed by atoms with Crippen LogP contribution in [0.4, 0.5) is 5.69 Å². The van der Waals surface area contributed by atoms with E-state index in [0.29, 0.717) is 0 Å². The van der Waals surface area contributed by atoms with Crippen LogP contribution in [0.5, 0.6) is 0 Å². The second-order valence-corrected chi connectivity index (χ2v) is 5.99. The molecule has 0 fully saturated rings. The molecule has 2 rings (SSSR count). The van der Waals surface area contributed by atoms with Gasteiger partial charge in [0.2, 0.25) is 0 Å². The standard InChI is InChI=1S/C13H15BrN2S/c1-8-4-11(14)6-12(5-8)16-10(3)13-9(2)15-7-17-13/h4-7,10,16H,1-3H3. The third-order valence-electron chi connectivity index (χ3n) is 2.60. The fraction of sp³-hybridized carbons (Fsp3) is 0.308. The summed E-state index contributed by atoms with van der Waals surface area (Å²) in [5.41, 5.74) is 5.39. The van der Waals surface area contributed by atoms with Gasteiger partial charge in [0.15, 0.2) is 0 Å². The Hall–Kier alpha value is -0.870. The molecule has 1 N–H and O–H groups in total. The van der Waals surface area contributed by atoms with Crippen molar-refractivity contribution in [1.29, 1.82) is 0 Å². The van der Waals surface area contributed by atoms with Crippen molar-refractivity contribution in [2.45, 2.75) is 26.8 Å². The fourth-order valence-corrected chi connectivity index (χ4v) is 3.28. The van der Waals surface area contributed by atoms with E-state index in [1.807, 2.05) is 5.51 Å². The van der Waals surface area contributed by atoms with Gasteiger partial charge in [-0.2, -0.15) is 0 Å². The molecule has 0 saturated heterocycles. The van der Waals surface area contributed by atoms with Gasteiger partial charge in [-0.05, 0) is 44.5 Å². The molecule has 17 heavy (non-hydrogen) atoms. The predicted octanol–water partition coefficient (Wildman–Crippen LogP) is 4.70. The van der Waals surface area contributed by atoms with E-state index in [2.05, 4.69) is 65.2 Å². The SMILES string of the molecule is Cc1cc(Br)cc(NC(C)c2scnc2C)c1. The van der Waals surface area contributed by atoms with Gasteiger partial charge >= 0.3 is 0 Å². The van der Waals surface area contributed by atoms with Gasteiger partial charge in [0.05, 0.1) is 17.2 Å². The average molecular weight is 311 g/mol. The van der Waals surface area contributed by atoms with Gasteiger partial charge in [0.25, 0.3) is 0 Å². The number of hydrogen-bond donors (Lipinski definition) is 1. The van der Waals surface area contributed by atoms with Crippen LogP contribution in [0.15, 0.2) is 28.2 Å². The van der Waals surface area contributed by atoms with Gasteiger partial charge < -0.3 is 5.32 Å². The molecule has 0 amide bonds. The zero-order chi connectivity index (χ0) is 12.4. The molecule has 1 heterocycles. The molecule has 0 aliphatic carbocycles. The Kier molecular flexibility index (Phi) is 3.84. The molecule has 0 aliphatic heterocycles. The second kappa shape index (κ2) is 5.19. The highest BCUT2D eigenvalue weighted by molar-refractivity contribution is 9.10. The Bertz CT molecular complexity index is 502. The van der Waals surface area contributed by atoms with E-state index in [-0.39, 0.29) is 6.04 Å². The Balaban J connectivity index is 2.18. The lowest BCUT2D eigenvalue weighted by Gasteiger charge is -2.15.